The summed E-state index contributed by atoms with van der Waals surface area (Å²) >= 11 is 6.78. The van der Waals surface area contributed by atoms with Crippen LogP contribution in [0.15, 0.2) is 43.1 Å². The summed E-state index contributed by atoms with van der Waals surface area (Å²) in [5.74, 6) is 0.515. The Labute approximate surface area is 189 Å². The zero-order valence-electron chi connectivity index (χ0n) is 17.5. The summed E-state index contributed by atoms with van der Waals surface area (Å²) in [6, 6.07) is 7.43. The Morgan fingerprint density at radius 3 is 2.72 bits per heavy atom. The Kier molecular flexibility index (Phi) is 4.94. The van der Waals surface area contributed by atoms with Gasteiger partial charge in [0.05, 0.1) is 17.2 Å². The molecule has 1 fully saturated rings. The highest BCUT2D eigenvalue weighted by Gasteiger charge is 2.24. The second kappa shape index (κ2) is 7.80. The van der Waals surface area contributed by atoms with Crippen molar-refractivity contribution >= 4 is 45.1 Å². The molecule has 5 rings (SSSR count). The largest absolute Gasteiger partial charge is 0.479 e. The van der Waals surface area contributed by atoms with Gasteiger partial charge >= 0.3 is 6.01 Å². The first-order chi connectivity index (χ1) is 15.5. The number of halogens is 1. The molecule has 1 aliphatic rings. The molecule has 0 aliphatic carbocycles. The van der Waals surface area contributed by atoms with Crippen molar-refractivity contribution in [2.24, 2.45) is 0 Å². The van der Waals surface area contributed by atoms with Crippen molar-refractivity contribution in [3.8, 4) is 17.1 Å². The summed E-state index contributed by atoms with van der Waals surface area (Å²) < 4.78 is 0. The van der Waals surface area contributed by atoms with Crippen LogP contribution in [-0.4, -0.2) is 62.3 Å². The number of carbonyl (C=O) groups excluding carboxylic acids is 1. The number of aryl methyl sites for hydroxylation is 1. The third kappa shape index (κ3) is 3.33. The molecule has 9 heteroatoms. The molecule has 1 amide bonds. The van der Waals surface area contributed by atoms with Crippen molar-refractivity contribution in [1.82, 2.24) is 25.1 Å². The van der Waals surface area contributed by atoms with E-state index in [0.29, 0.717) is 42.5 Å². The number of aromatic amines is 1. The monoisotopic (exact) mass is 448 g/mol. The van der Waals surface area contributed by atoms with Crippen LogP contribution in [0.2, 0.25) is 5.02 Å². The van der Waals surface area contributed by atoms with Crippen molar-refractivity contribution in [1.29, 1.82) is 0 Å². The highest BCUT2D eigenvalue weighted by molar-refractivity contribution is 6.35. The Morgan fingerprint density at radius 1 is 1.19 bits per heavy atom. The quantitative estimate of drug-likeness (QED) is 0.464. The van der Waals surface area contributed by atoms with Crippen LogP contribution in [0.4, 0.5) is 5.82 Å². The zero-order valence-corrected chi connectivity index (χ0v) is 18.2. The molecule has 2 aromatic heterocycles. The van der Waals surface area contributed by atoms with Crippen molar-refractivity contribution in [3.05, 3.63) is 53.7 Å². The Balaban J connectivity index is 1.60. The minimum absolute atomic E-state index is 0.0866. The molecular formula is C23H21ClN6O2. The van der Waals surface area contributed by atoms with Gasteiger partial charge in [-0.25, -0.2) is 0 Å². The summed E-state index contributed by atoms with van der Waals surface area (Å²) in [6.07, 6.45) is 3.11. The van der Waals surface area contributed by atoms with Gasteiger partial charge < -0.3 is 14.9 Å². The molecule has 1 saturated heterocycles. The number of H-pyrrole nitrogens is 1. The van der Waals surface area contributed by atoms with Gasteiger partial charge in [-0.2, -0.15) is 15.1 Å². The van der Waals surface area contributed by atoms with E-state index in [1.807, 2.05) is 36.1 Å². The standard InChI is InChI=1S/C23H21ClN6O2/c1-3-20(31)29-6-8-30(9-7-29)22-15-10-17(24)14(11-19(15)26-23(32)27-22)21-13(2)4-5-18-16(21)12-25-28-18/h3-5,10-12H,1,6-9H2,2H3,(H,25,28)(H,26,27,32). The number of piperazine rings is 1. The number of nitrogens with zero attached hydrogens (tertiary/aromatic N) is 5. The van der Waals surface area contributed by atoms with Crippen LogP contribution in [0, 0.1) is 6.92 Å². The lowest BCUT2D eigenvalue weighted by Gasteiger charge is -2.35. The molecule has 2 N–H and O–H groups in total. The van der Waals surface area contributed by atoms with Gasteiger partial charge in [-0.15, -0.1) is 0 Å². The normalized spacial score (nSPS) is 14.3. The van der Waals surface area contributed by atoms with Crippen molar-refractivity contribution < 1.29 is 9.90 Å². The summed E-state index contributed by atoms with van der Waals surface area (Å²) in [5.41, 5.74) is 4.35. The number of rotatable bonds is 3. The molecule has 8 nitrogen and oxygen atoms in total. The van der Waals surface area contributed by atoms with Gasteiger partial charge in [0, 0.05) is 47.5 Å². The topological polar surface area (TPSA) is 98.2 Å². The van der Waals surface area contributed by atoms with Crippen LogP contribution in [0.1, 0.15) is 5.56 Å². The number of aromatic hydroxyl groups is 1. The van der Waals surface area contributed by atoms with Gasteiger partial charge in [-0.1, -0.05) is 24.2 Å². The summed E-state index contributed by atoms with van der Waals surface area (Å²) in [6.45, 7) is 7.83. The highest BCUT2D eigenvalue weighted by atomic mass is 35.5. The van der Waals surface area contributed by atoms with Crippen LogP contribution < -0.4 is 4.90 Å². The average molecular weight is 449 g/mol. The zero-order chi connectivity index (χ0) is 22.4. The fourth-order valence-electron chi connectivity index (χ4n) is 4.31. The maximum Gasteiger partial charge on any atom is 0.316 e. The molecule has 32 heavy (non-hydrogen) atoms. The predicted octanol–water partition coefficient (Wildman–Crippen LogP) is 3.68. The molecule has 0 radical (unpaired) electrons. The lowest BCUT2D eigenvalue weighted by Crippen LogP contribution is -2.48. The van der Waals surface area contributed by atoms with Crippen LogP contribution in [0.5, 0.6) is 6.01 Å². The highest BCUT2D eigenvalue weighted by Crippen LogP contribution is 2.39. The lowest BCUT2D eigenvalue weighted by atomic mass is 9.96. The van der Waals surface area contributed by atoms with Gasteiger partial charge in [0.1, 0.15) is 5.82 Å². The first kappa shape index (κ1) is 20.3. The number of hydrogen-bond donors (Lipinski definition) is 2. The van der Waals surface area contributed by atoms with E-state index in [0.717, 1.165) is 33.0 Å². The Morgan fingerprint density at radius 2 is 1.97 bits per heavy atom. The maximum absolute atomic E-state index is 11.9. The first-order valence-corrected chi connectivity index (χ1v) is 10.6. The summed E-state index contributed by atoms with van der Waals surface area (Å²) in [5, 5.41) is 19.7. The molecular weight excluding hydrogens is 428 g/mol. The van der Waals surface area contributed by atoms with Gasteiger partial charge in [0.15, 0.2) is 0 Å². The molecule has 162 valence electrons. The number of benzene rings is 2. The third-order valence-electron chi connectivity index (χ3n) is 5.92. The number of hydrogen-bond acceptors (Lipinski definition) is 6. The van der Waals surface area contributed by atoms with Crippen LogP contribution in [0.25, 0.3) is 32.9 Å². The van der Waals surface area contributed by atoms with E-state index in [-0.39, 0.29) is 11.9 Å². The number of anilines is 1. The second-order valence-electron chi connectivity index (χ2n) is 7.80. The van der Waals surface area contributed by atoms with Gasteiger partial charge in [-0.05, 0) is 42.3 Å². The molecule has 0 spiro atoms. The van der Waals surface area contributed by atoms with E-state index in [2.05, 4.69) is 26.7 Å². The molecule has 1 aliphatic heterocycles. The SMILES string of the molecule is C=CC(=O)N1CCN(c2nc(O)nc3cc(-c4c(C)ccc5[nH]ncc45)c(Cl)cc23)CC1. The summed E-state index contributed by atoms with van der Waals surface area (Å²) in [7, 11) is 0. The van der Waals surface area contributed by atoms with Crippen molar-refractivity contribution in [2.45, 2.75) is 6.92 Å². The maximum atomic E-state index is 11.9. The average Bonchev–Trinajstić information content (AvgIpc) is 3.27. The lowest BCUT2D eigenvalue weighted by molar-refractivity contribution is -0.126. The van der Waals surface area contributed by atoms with Crippen LogP contribution in [-0.2, 0) is 4.79 Å². The van der Waals surface area contributed by atoms with E-state index in [1.165, 1.54) is 6.08 Å². The Bertz CT molecular complexity index is 1370. The van der Waals surface area contributed by atoms with Gasteiger partial charge in [0.25, 0.3) is 0 Å². The second-order valence-corrected chi connectivity index (χ2v) is 8.21. The fraction of sp³-hybridized carbons (Fsp3) is 0.217. The molecule has 2 aromatic carbocycles. The minimum Gasteiger partial charge on any atom is -0.479 e. The van der Waals surface area contributed by atoms with Gasteiger partial charge in [-0.3, -0.25) is 9.89 Å². The smallest absolute Gasteiger partial charge is 0.316 e. The molecule has 0 atom stereocenters. The summed E-state index contributed by atoms with van der Waals surface area (Å²) in [4.78, 5) is 24.2. The molecule has 0 bridgehead atoms. The first-order valence-electron chi connectivity index (χ1n) is 10.3. The number of amides is 1. The number of aromatic nitrogens is 4. The number of carbonyl (C=O) groups is 1. The third-order valence-corrected chi connectivity index (χ3v) is 6.23. The molecule has 0 saturated carbocycles. The minimum atomic E-state index is -0.302. The van der Waals surface area contributed by atoms with E-state index < -0.39 is 0 Å². The van der Waals surface area contributed by atoms with Gasteiger partial charge in [0.2, 0.25) is 5.91 Å². The van der Waals surface area contributed by atoms with Crippen LogP contribution >= 0.6 is 11.6 Å². The van der Waals surface area contributed by atoms with E-state index >= 15 is 0 Å². The predicted molar refractivity (Wildman–Crippen MR) is 125 cm³/mol. The fourth-order valence-corrected chi connectivity index (χ4v) is 4.56. The Hall–Kier alpha value is -3.65. The van der Waals surface area contributed by atoms with Crippen LogP contribution in [0.3, 0.4) is 0 Å². The molecule has 4 aromatic rings. The van der Waals surface area contributed by atoms with E-state index in [4.69, 9.17) is 11.6 Å². The molecule has 0 unspecified atom stereocenters. The van der Waals surface area contributed by atoms with E-state index in [9.17, 15) is 9.90 Å². The number of nitrogens with one attached hydrogen (secondary N) is 1. The van der Waals surface area contributed by atoms with Crippen molar-refractivity contribution in [2.75, 3.05) is 31.1 Å². The molecule has 3 heterocycles. The van der Waals surface area contributed by atoms with E-state index in [1.54, 1.807) is 11.1 Å². The van der Waals surface area contributed by atoms with Crippen molar-refractivity contribution in [3.63, 3.8) is 0 Å². The number of fused-ring (bicyclic) bond motifs is 2.